The van der Waals surface area contributed by atoms with E-state index in [1.165, 1.54) is 4.68 Å². The molecule has 0 radical (unpaired) electrons. The van der Waals surface area contributed by atoms with Gasteiger partial charge in [0, 0.05) is 43.2 Å². The maximum atomic E-state index is 12.8. The number of pyridine rings is 1. The second-order valence-electron chi connectivity index (χ2n) is 7.11. The Labute approximate surface area is 173 Å². The molecule has 0 spiro atoms. The van der Waals surface area contributed by atoms with Gasteiger partial charge in [-0.25, -0.2) is 4.68 Å². The third-order valence-electron chi connectivity index (χ3n) is 5.00. The molecule has 3 aromatic heterocycles. The fourth-order valence-electron chi connectivity index (χ4n) is 3.40. The van der Waals surface area contributed by atoms with E-state index in [0.29, 0.717) is 36.8 Å². The summed E-state index contributed by atoms with van der Waals surface area (Å²) in [5.74, 6) is 0.623. The molecule has 1 aliphatic heterocycles. The third-order valence-corrected chi connectivity index (χ3v) is 5.35. The molecule has 29 heavy (non-hydrogen) atoms. The van der Waals surface area contributed by atoms with Gasteiger partial charge in [-0.3, -0.25) is 9.78 Å². The van der Waals surface area contributed by atoms with Gasteiger partial charge in [0.05, 0.1) is 24.5 Å². The van der Waals surface area contributed by atoms with Crippen LogP contribution in [0.25, 0.3) is 11.3 Å². The van der Waals surface area contributed by atoms with Crippen molar-refractivity contribution in [1.29, 1.82) is 0 Å². The summed E-state index contributed by atoms with van der Waals surface area (Å²) in [5.41, 5.74) is 3.55. The van der Waals surface area contributed by atoms with Gasteiger partial charge in [-0.2, -0.15) is 5.10 Å². The van der Waals surface area contributed by atoms with Crippen molar-refractivity contribution in [2.24, 2.45) is 0 Å². The van der Waals surface area contributed by atoms with E-state index in [1.807, 2.05) is 31.7 Å². The number of ether oxygens (including phenoxy) is 1. The molecule has 1 aliphatic rings. The van der Waals surface area contributed by atoms with Gasteiger partial charge in [-0.1, -0.05) is 16.8 Å². The molecule has 0 bridgehead atoms. The van der Waals surface area contributed by atoms with Crippen LogP contribution in [0.2, 0.25) is 5.02 Å². The summed E-state index contributed by atoms with van der Waals surface area (Å²) in [7, 11) is 0. The van der Waals surface area contributed by atoms with Crippen molar-refractivity contribution in [3.05, 3.63) is 56.9 Å². The molecule has 0 unspecified atom stereocenters. The van der Waals surface area contributed by atoms with Crippen LogP contribution in [0.5, 0.6) is 0 Å². The van der Waals surface area contributed by atoms with E-state index in [0.717, 1.165) is 16.7 Å². The molecule has 0 amide bonds. The molecule has 9 heteroatoms. The minimum absolute atomic E-state index is 0.155. The lowest BCUT2D eigenvalue weighted by Crippen LogP contribution is -2.53. The van der Waals surface area contributed by atoms with E-state index in [2.05, 4.69) is 15.2 Å². The standard InChI is InChI=1S/C20H22ClN5O3/c1-4-28-15-9-25(10-15)17-8-23-26(20(27)18(17)21)11-16-13(3)29-24-19(16)14-5-12(2)6-22-7-14/h5-8,15H,4,9-11H2,1-3H3. The minimum Gasteiger partial charge on any atom is -0.375 e. The number of nitrogens with zero attached hydrogens (tertiary/aromatic N) is 5. The minimum atomic E-state index is -0.349. The Hall–Kier alpha value is -2.71. The molecule has 4 heterocycles. The van der Waals surface area contributed by atoms with Crippen LogP contribution in [0.4, 0.5) is 5.69 Å². The zero-order valence-corrected chi connectivity index (χ0v) is 17.3. The quantitative estimate of drug-likeness (QED) is 0.611. The Kier molecular flexibility index (Phi) is 5.38. The zero-order valence-electron chi connectivity index (χ0n) is 16.6. The molecule has 0 aliphatic carbocycles. The van der Waals surface area contributed by atoms with E-state index in [4.69, 9.17) is 20.9 Å². The lowest BCUT2D eigenvalue weighted by molar-refractivity contribution is 0.0430. The first-order chi connectivity index (χ1) is 14.0. The first-order valence-electron chi connectivity index (χ1n) is 9.47. The smallest absolute Gasteiger partial charge is 0.287 e. The van der Waals surface area contributed by atoms with Crippen molar-refractivity contribution in [2.75, 3.05) is 24.6 Å². The van der Waals surface area contributed by atoms with Crippen molar-refractivity contribution in [3.63, 3.8) is 0 Å². The molecule has 0 aromatic carbocycles. The van der Waals surface area contributed by atoms with Crippen LogP contribution in [0, 0.1) is 13.8 Å². The zero-order chi connectivity index (χ0) is 20.5. The molecule has 1 saturated heterocycles. The lowest BCUT2D eigenvalue weighted by Gasteiger charge is -2.40. The van der Waals surface area contributed by atoms with E-state index in [9.17, 15) is 4.79 Å². The summed E-state index contributed by atoms with van der Waals surface area (Å²) in [5, 5.41) is 8.64. The highest BCUT2D eigenvalue weighted by Crippen LogP contribution is 2.28. The molecule has 3 aromatic rings. The highest BCUT2D eigenvalue weighted by molar-refractivity contribution is 6.33. The van der Waals surface area contributed by atoms with E-state index < -0.39 is 0 Å². The molecule has 0 N–H and O–H groups in total. The second-order valence-corrected chi connectivity index (χ2v) is 7.48. The van der Waals surface area contributed by atoms with Crippen molar-refractivity contribution >= 4 is 17.3 Å². The first kappa shape index (κ1) is 19.6. The number of anilines is 1. The number of rotatable bonds is 6. The van der Waals surface area contributed by atoms with Gasteiger partial charge in [0.25, 0.3) is 5.56 Å². The number of hydrogen-bond acceptors (Lipinski definition) is 7. The van der Waals surface area contributed by atoms with Gasteiger partial charge in [-0.15, -0.1) is 0 Å². The molecule has 0 saturated carbocycles. The van der Waals surface area contributed by atoms with Gasteiger partial charge in [-0.05, 0) is 32.4 Å². The molecule has 1 fully saturated rings. The van der Waals surface area contributed by atoms with E-state index >= 15 is 0 Å². The maximum Gasteiger partial charge on any atom is 0.287 e. The van der Waals surface area contributed by atoms with Crippen LogP contribution in [0.15, 0.2) is 34.0 Å². The fourth-order valence-corrected chi connectivity index (χ4v) is 3.67. The Balaban J connectivity index is 1.61. The van der Waals surface area contributed by atoms with E-state index in [1.54, 1.807) is 18.6 Å². The monoisotopic (exact) mass is 415 g/mol. The summed E-state index contributed by atoms with van der Waals surface area (Å²) >= 11 is 6.38. The molecule has 8 nitrogen and oxygen atoms in total. The third kappa shape index (κ3) is 3.77. The van der Waals surface area contributed by atoms with Crippen molar-refractivity contribution in [3.8, 4) is 11.3 Å². The van der Waals surface area contributed by atoms with Crippen LogP contribution in [0.3, 0.4) is 0 Å². The molecule has 4 rings (SSSR count). The van der Waals surface area contributed by atoms with Gasteiger partial charge in [0.15, 0.2) is 0 Å². The maximum absolute atomic E-state index is 12.8. The Bertz CT molecular complexity index is 1090. The number of aryl methyl sites for hydroxylation is 2. The summed E-state index contributed by atoms with van der Waals surface area (Å²) < 4.78 is 12.3. The molecular formula is C20H22ClN5O3. The highest BCUT2D eigenvalue weighted by atomic mass is 35.5. The van der Waals surface area contributed by atoms with Gasteiger partial charge in [0.2, 0.25) is 0 Å². The predicted molar refractivity (Wildman–Crippen MR) is 109 cm³/mol. The first-order valence-corrected chi connectivity index (χ1v) is 9.85. The predicted octanol–water partition coefficient (Wildman–Crippen LogP) is 2.84. The topological polar surface area (TPSA) is 86.3 Å². The highest BCUT2D eigenvalue weighted by Gasteiger charge is 2.30. The number of halogens is 1. The van der Waals surface area contributed by atoms with Gasteiger partial charge >= 0.3 is 0 Å². The molecule has 0 atom stereocenters. The largest absolute Gasteiger partial charge is 0.375 e. The van der Waals surface area contributed by atoms with Crippen LogP contribution in [-0.4, -0.2) is 45.7 Å². The summed E-state index contributed by atoms with van der Waals surface area (Å²) in [6.45, 7) is 8.01. The number of aromatic nitrogens is 4. The normalized spacial score (nSPS) is 14.3. The van der Waals surface area contributed by atoms with Crippen LogP contribution >= 0.6 is 11.6 Å². The van der Waals surface area contributed by atoms with Crippen molar-refractivity contribution < 1.29 is 9.26 Å². The van der Waals surface area contributed by atoms with Gasteiger partial charge < -0.3 is 14.2 Å². The van der Waals surface area contributed by atoms with E-state index in [-0.39, 0.29) is 23.2 Å². The Morgan fingerprint density at radius 3 is 2.79 bits per heavy atom. The second kappa shape index (κ2) is 7.96. The Morgan fingerprint density at radius 2 is 2.07 bits per heavy atom. The van der Waals surface area contributed by atoms with Crippen LogP contribution in [-0.2, 0) is 11.3 Å². The summed E-state index contributed by atoms with van der Waals surface area (Å²) in [6, 6.07) is 1.97. The van der Waals surface area contributed by atoms with Crippen LogP contribution in [0.1, 0.15) is 23.8 Å². The number of hydrogen-bond donors (Lipinski definition) is 0. The molecule has 152 valence electrons. The molecular weight excluding hydrogens is 394 g/mol. The fraction of sp³-hybridized carbons (Fsp3) is 0.400. The summed E-state index contributed by atoms with van der Waals surface area (Å²) in [4.78, 5) is 19.0. The Morgan fingerprint density at radius 1 is 1.28 bits per heavy atom. The van der Waals surface area contributed by atoms with Crippen molar-refractivity contribution in [1.82, 2.24) is 19.9 Å². The lowest BCUT2D eigenvalue weighted by atomic mass is 10.1. The summed E-state index contributed by atoms with van der Waals surface area (Å²) in [6.07, 6.45) is 5.29. The van der Waals surface area contributed by atoms with Crippen LogP contribution < -0.4 is 10.5 Å². The van der Waals surface area contributed by atoms with Gasteiger partial charge in [0.1, 0.15) is 16.5 Å². The SMILES string of the molecule is CCOC1CN(c2cnn(Cc3c(-c4cncc(C)c4)noc3C)c(=O)c2Cl)C1. The average molecular weight is 416 g/mol. The average Bonchev–Trinajstić information content (AvgIpc) is 3.03. The van der Waals surface area contributed by atoms with Crippen molar-refractivity contribution in [2.45, 2.75) is 33.4 Å².